The highest BCUT2D eigenvalue weighted by molar-refractivity contribution is 7.09. The molecule has 0 aliphatic heterocycles. The van der Waals surface area contributed by atoms with E-state index in [9.17, 15) is 4.79 Å². The molecular formula is C11H19N3OS. The molecule has 0 radical (unpaired) electrons. The minimum absolute atomic E-state index is 0.0835. The number of hydrogen-bond acceptors (Lipinski definition) is 4. The van der Waals surface area contributed by atoms with Gasteiger partial charge in [-0.15, -0.1) is 11.3 Å². The van der Waals surface area contributed by atoms with Crippen molar-refractivity contribution in [3.63, 3.8) is 0 Å². The number of nitrogens with one attached hydrogen (secondary N) is 1. The van der Waals surface area contributed by atoms with Crippen molar-refractivity contribution >= 4 is 17.2 Å². The number of carbonyl (C=O) groups excluding carboxylic acids is 1. The predicted molar refractivity (Wildman–Crippen MR) is 66.6 cm³/mol. The van der Waals surface area contributed by atoms with E-state index in [0.717, 1.165) is 10.7 Å². The van der Waals surface area contributed by atoms with Gasteiger partial charge < -0.3 is 4.90 Å². The van der Waals surface area contributed by atoms with Crippen molar-refractivity contribution in [2.75, 3.05) is 14.1 Å². The average Bonchev–Trinajstić information content (AvgIpc) is 2.63. The summed E-state index contributed by atoms with van der Waals surface area (Å²) in [7, 11) is 3.53. The zero-order valence-electron chi connectivity index (χ0n) is 10.4. The molecule has 0 saturated carbocycles. The van der Waals surface area contributed by atoms with Gasteiger partial charge in [0.05, 0.1) is 12.1 Å². The van der Waals surface area contributed by atoms with E-state index in [4.69, 9.17) is 0 Å². The summed E-state index contributed by atoms with van der Waals surface area (Å²) in [5.74, 6) is 0.0835. The number of likely N-dealkylation sites (N-methyl/N-ethyl adjacent to an activating group) is 1. The van der Waals surface area contributed by atoms with Crippen molar-refractivity contribution in [2.24, 2.45) is 0 Å². The molecule has 16 heavy (non-hydrogen) atoms. The fraction of sp³-hybridized carbons (Fsp3) is 0.636. The van der Waals surface area contributed by atoms with Gasteiger partial charge in [-0.25, -0.2) is 4.98 Å². The Labute approximate surface area is 101 Å². The largest absolute Gasteiger partial charge is 0.347 e. The van der Waals surface area contributed by atoms with E-state index in [1.807, 2.05) is 26.2 Å². The predicted octanol–water partition coefficient (Wildman–Crippen LogP) is 1.58. The molecule has 1 amide bonds. The van der Waals surface area contributed by atoms with E-state index in [1.54, 1.807) is 30.3 Å². The van der Waals surface area contributed by atoms with Crippen LogP contribution in [0.1, 0.15) is 30.6 Å². The molecule has 0 aliphatic carbocycles. The van der Waals surface area contributed by atoms with Crippen molar-refractivity contribution < 1.29 is 4.79 Å². The van der Waals surface area contributed by atoms with Crippen LogP contribution < -0.4 is 5.32 Å². The lowest BCUT2D eigenvalue weighted by molar-refractivity contribution is -0.130. The summed E-state index contributed by atoms with van der Waals surface area (Å²) >= 11 is 1.62. The first kappa shape index (κ1) is 13.1. The highest BCUT2D eigenvalue weighted by atomic mass is 32.1. The van der Waals surface area contributed by atoms with Gasteiger partial charge in [-0.1, -0.05) is 0 Å². The lowest BCUT2D eigenvalue weighted by Crippen LogP contribution is -2.42. The minimum Gasteiger partial charge on any atom is -0.347 e. The van der Waals surface area contributed by atoms with Crippen LogP contribution in [0, 0.1) is 6.92 Å². The SMILES string of the molecule is Cc1csc(C(C)NC(C)C(=O)N(C)C)n1. The first-order valence-corrected chi connectivity index (χ1v) is 6.19. The van der Waals surface area contributed by atoms with Crippen molar-refractivity contribution in [2.45, 2.75) is 32.9 Å². The Morgan fingerprint density at radius 1 is 1.50 bits per heavy atom. The third-order valence-corrected chi connectivity index (χ3v) is 3.46. The smallest absolute Gasteiger partial charge is 0.238 e. The van der Waals surface area contributed by atoms with E-state index in [1.165, 1.54) is 0 Å². The average molecular weight is 241 g/mol. The van der Waals surface area contributed by atoms with Gasteiger partial charge in [-0.3, -0.25) is 10.1 Å². The quantitative estimate of drug-likeness (QED) is 0.870. The molecule has 1 aromatic rings. The van der Waals surface area contributed by atoms with E-state index in [-0.39, 0.29) is 18.0 Å². The monoisotopic (exact) mass is 241 g/mol. The van der Waals surface area contributed by atoms with E-state index in [0.29, 0.717) is 0 Å². The zero-order chi connectivity index (χ0) is 12.3. The topological polar surface area (TPSA) is 45.2 Å². The molecule has 0 saturated heterocycles. The van der Waals surface area contributed by atoms with Crippen LogP contribution >= 0.6 is 11.3 Å². The summed E-state index contributed by atoms with van der Waals surface area (Å²) < 4.78 is 0. The molecule has 2 atom stereocenters. The van der Waals surface area contributed by atoms with Crippen LogP contribution in [0.2, 0.25) is 0 Å². The number of aryl methyl sites for hydroxylation is 1. The third kappa shape index (κ3) is 3.28. The molecule has 1 aromatic heterocycles. The first-order valence-electron chi connectivity index (χ1n) is 5.31. The number of hydrogen-bond donors (Lipinski definition) is 1. The molecule has 90 valence electrons. The van der Waals surface area contributed by atoms with Crippen LogP contribution in [0.25, 0.3) is 0 Å². The van der Waals surface area contributed by atoms with Crippen molar-refractivity contribution in [1.29, 1.82) is 0 Å². The Kier molecular flexibility index (Phi) is 4.44. The van der Waals surface area contributed by atoms with Crippen LogP contribution in [0.5, 0.6) is 0 Å². The summed E-state index contributed by atoms with van der Waals surface area (Å²) in [5.41, 5.74) is 1.03. The Hall–Kier alpha value is -0.940. The molecule has 0 fully saturated rings. The summed E-state index contributed by atoms with van der Waals surface area (Å²) in [4.78, 5) is 17.7. The summed E-state index contributed by atoms with van der Waals surface area (Å²) in [5, 5.41) is 6.29. The standard InChI is InChI=1S/C11H19N3OS/c1-7-6-16-10(12-7)8(2)13-9(3)11(15)14(4)5/h6,8-9,13H,1-5H3. The summed E-state index contributed by atoms with van der Waals surface area (Å²) in [6, 6.07) is -0.0770. The Morgan fingerprint density at radius 2 is 2.12 bits per heavy atom. The second kappa shape index (κ2) is 5.41. The van der Waals surface area contributed by atoms with Crippen molar-refractivity contribution in [3.8, 4) is 0 Å². The molecule has 1 heterocycles. The lowest BCUT2D eigenvalue weighted by atomic mass is 10.2. The number of thiazole rings is 1. The number of rotatable bonds is 4. The minimum atomic E-state index is -0.186. The first-order chi connectivity index (χ1) is 7.41. The van der Waals surface area contributed by atoms with Gasteiger partial charge in [-0.2, -0.15) is 0 Å². The van der Waals surface area contributed by atoms with Crippen LogP contribution in [0.15, 0.2) is 5.38 Å². The van der Waals surface area contributed by atoms with Crippen LogP contribution in [-0.4, -0.2) is 35.9 Å². The maximum atomic E-state index is 11.7. The molecule has 1 N–H and O–H groups in total. The van der Waals surface area contributed by atoms with E-state index < -0.39 is 0 Å². The molecule has 0 bridgehead atoms. The molecule has 0 aromatic carbocycles. The molecule has 1 rings (SSSR count). The van der Waals surface area contributed by atoms with Crippen molar-refractivity contribution in [3.05, 3.63) is 16.1 Å². The van der Waals surface area contributed by atoms with Crippen molar-refractivity contribution in [1.82, 2.24) is 15.2 Å². The van der Waals surface area contributed by atoms with Crippen LogP contribution in [0.4, 0.5) is 0 Å². The maximum Gasteiger partial charge on any atom is 0.238 e. The fourth-order valence-electron chi connectivity index (χ4n) is 1.48. The van der Waals surface area contributed by atoms with Gasteiger partial charge >= 0.3 is 0 Å². The molecule has 5 heteroatoms. The lowest BCUT2D eigenvalue weighted by Gasteiger charge is -2.21. The van der Waals surface area contributed by atoms with E-state index in [2.05, 4.69) is 10.3 Å². The number of aromatic nitrogens is 1. The number of carbonyl (C=O) groups is 1. The second-order valence-electron chi connectivity index (χ2n) is 4.17. The summed E-state index contributed by atoms with van der Waals surface area (Å²) in [6.07, 6.45) is 0. The highest BCUT2D eigenvalue weighted by Gasteiger charge is 2.18. The van der Waals surface area contributed by atoms with Gasteiger partial charge in [-0.05, 0) is 20.8 Å². The Morgan fingerprint density at radius 3 is 2.56 bits per heavy atom. The van der Waals surface area contributed by atoms with Crippen LogP contribution in [0.3, 0.4) is 0 Å². The van der Waals surface area contributed by atoms with Gasteiger partial charge in [0.2, 0.25) is 5.91 Å². The fourth-order valence-corrected chi connectivity index (χ4v) is 2.29. The molecule has 0 spiro atoms. The number of amides is 1. The van der Waals surface area contributed by atoms with Gasteiger partial charge in [0.25, 0.3) is 0 Å². The van der Waals surface area contributed by atoms with Gasteiger partial charge in [0, 0.05) is 25.2 Å². The second-order valence-corrected chi connectivity index (χ2v) is 5.06. The van der Waals surface area contributed by atoms with Gasteiger partial charge in [0.15, 0.2) is 0 Å². The zero-order valence-corrected chi connectivity index (χ0v) is 11.3. The Bertz CT molecular complexity index is 362. The molecule has 0 aliphatic rings. The normalized spacial score (nSPS) is 14.6. The molecule has 2 unspecified atom stereocenters. The number of nitrogens with zero attached hydrogens (tertiary/aromatic N) is 2. The molecule has 4 nitrogen and oxygen atoms in total. The highest BCUT2D eigenvalue weighted by Crippen LogP contribution is 2.17. The van der Waals surface area contributed by atoms with Crippen LogP contribution in [-0.2, 0) is 4.79 Å². The summed E-state index contributed by atoms with van der Waals surface area (Å²) in [6.45, 7) is 5.87. The molecular weight excluding hydrogens is 222 g/mol. The Balaban J connectivity index is 2.58. The maximum absolute atomic E-state index is 11.7. The van der Waals surface area contributed by atoms with Gasteiger partial charge in [0.1, 0.15) is 5.01 Å². The van der Waals surface area contributed by atoms with E-state index >= 15 is 0 Å². The third-order valence-electron chi connectivity index (χ3n) is 2.32.